The highest BCUT2D eigenvalue weighted by molar-refractivity contribution is 6.31. The lowest BCUT2D eigenvalue weighted by Gasteiger charge is -2.20. The molecule has 0 unspecified atom stereocenters. The minimum Gasteiger partial charge on any atom is -0.337 e. The number of H-pyrrole nitrogens is 1. The molecular weight excluding hydrogens is 411 g/mol. The molecule has 9 heteroatoms. The second-order valence-corrected chi connectivity index (χ2v) is 7.72. The topological polar surface area (TPSA) is 88.1 Å². The van der Waals surface area contributed by atoms with Crippen molar-refractivity contribution in [2.75, 3.05) is 7.05 Å². The predicted molar refractivity (Wildman–Crippen MR) is 114 cm³/mol. The van der Waals surface area contributed by atoms with Crippen LogP contribution in [0.1, 0.15) is 48.3 Å². The number of rotatable bonds is 5. The number of carbonyl (C=O) groups excluding carboxylic acids is 1. The number of aromatic nitrogens is 3. The second-order valence-electron chi connectivity index (χ2n) is 7.31. The summed E-state index contributed by atoms with van der Waals surface area (Å²) in [5.74, 6) is -1.08. The summed E-state index contributed by atoms with van der Waals surface area (Å²) in [4.78, 5) is 46.1. The Balaban J connectivity index is 2.20. The van der Waals surface area contributed by atoms with Crippen molar-refractivity contribution in [1.82, 2.24) is 19.4 Å². The van der Waals surface area contributed by atoms with Gasteiger partial charge in [-0.3, -0.25) is 19.1 Å². The molecule has 0 aliphatic heterocycles. The average Bonchev–Trinajstić information content (AvgIpc) is 2.69. The molecule has 7 nitrogen and oxygen atoms in total. The summed E-state index contributed by atoms with van der Waals surface area (Å²) in [5, 5.41) is 0.229. The van der Waals surface area contributed by atoms with E-state index in [1.807, 2.05) is 13.8 Å². The molecule has 2 aromatic heterocycles. The summed E-state index contributed by atoms with van der Waals surface area (Å²) in [5.41, 5.74) is -0.288. The van der Waals surface area contributed by atoms with E-state index in [9.17, 15) is 18.8 Å². The van der Waals surface area contributed by atoms with Crippen molar-refractivity contribution in [2.45, 2.75) is 39.8 Å². The van der Waals surface area contributed by atoms with E-state index in [1.165, 1.54) is 28.6 Å². The van der Waals surface area contributed by atoms with Crippen LogP contribution in [0.15, 0.2) is 33.9 Å². The molecule has 0 saturated carbocycles. The molecular formula is C21H22ClFN4O3. The van der Waals surface area contributed by atoms with Gasteiger partial charge in [-0.25, -0.2) is 14.2 Å². The number of nitrogens with one attached hydrogen (secondary N) is 1. The predicted octanol–water partition coefficient (Wildman–Crippen LogP) is 3.29. The Kier molecular flexibility index (Phi) is 6.07. The molecule has 0 saturated heterocycles. The van der Waals surface area contributed by atoms with Gasteiger partial charge >= 0.3 is 5.69 Å². The number of halogens is 2. The number of benzene rings is 1. The van der Waals surface area contributed by atoms with Gasteiger partial charge in [0, 0.05) is 36.4 Å². The summed E-state index contributed by atoms with van der Waals surface area (Å²) in [6.45, 7) is 5.72. The third-order valence-corrected chi connectivity index (χ3v) is 5.26. The Morgan fingerprint density at radius 1 is 1.33 bits per heavy atom. The summed E-state index contributed by atoms with van der Waals surface area (Å²) >= 11 is 6.09. The van der Waals surface area contributed by atoms with Crippen molar-refractivity contribution in [3.63, 3.8) is 0 Å². The van der Waals surface area contributed by atoms with E-state index in [2.05, 4.69) is 9.97 Å². The molecule has 1 N–H and O–H groups in total. The molecule has 1 amide bonds. The van der Waals surface area contributed by atoms with Crippen molar-refractivity contribution >= 4 is 28.5 Å². The zero-order valence-corrected chi connectivity index (χ0v) is 17.9. The lowest BCUT2D eigenvalue weighted by Crippen LogP contribution is -2.34. The van der Waals surface area contributed by atoms with Gasteiger partial charge in [-0.05, 0) is 31.0 Å². The van der Waals surface area contributed by atoms with Crippen LogP contribution in [-0.2, 0) is 13.1 Å². The van der Waals surface area contributed by atoms with E-state index >= 15 is 0 Å². The highest BCUT2D eigenvalue weighted by Gasteiger charge is 2.23. The Bertz CT molecular complexity index is 1230. The Morgan fingerprint density at radius 2 is 2.03 bits per heavy atom. The van der Waals surface area contributed by atoms with Crippen molar-refractivity contribution in [3.8, 4) is 0 Å². The summed E-state index contributed by atoms with van der Waals surface area (Å²) < 4.78 is 15.5. The lowest BCUT2D eigenvalue weighted by molar-refractivity contribution is 0.0785. The molecule has 0 radical (unpaired) electrons. The number of aromatic amines is 1. The van der Waals surface area contributed by atoms with E-state index in [1.54, 1.807) is 19.1 Å². The van der Waals surface area contributed by atoms with Gasteiger partial charge in [0.1, 0.15) is 5.82 Å². The van der Waals surface area contributed by atoms with Gasteiger partial charge in [0.25, 0.3) is 11.5 Å². The van der Waals surface area contributed by atoms with Gasteiger partial charge in [0.05, 0.1) is 10.9 Å². The summed E-state index contributed by atoms with van der Waals surface area (Å²) in [7, 11) is 1.50. The molecule has 0 aliphatic carbocycles. The van der Waals surface area contributed by atoms with E-state index < -0.39 is 23.0 Å². The quantitative estimate of drug-likeness (QED) is 0.670. The fourth-order valence-electron chi connectivity index (χ4n) is 3.25. The standard InChI is InChI=1S/C21H22ClFN4O3/c1-5-27-18-17(19(28)25-21(27)30)12(9-16(24-18)11(2)3)20(29)26(4)10-13-14(22)7-6-8-15(13)23/h6-9,11H,5,10H2,1-4H3,(H,25,28,30). The van der Waals surface area contributed by atoms with E-state index in [0.29, 0.717) is 5.69 Å². The van der Waals surface area contributed by atoms with E-state index in [-0.39, 0.29) is 46.2 Å². The fourth-order valence-corrected chi connectivity index (χ4v) is 3.47. The van der Waals surface area contributed by atoms with Crippen LogP contribution in [0.2, 0.25) is 5.02 Å². The van der Waals surface area contributed by atoms with Crippen LogP contribution in [0.4, 0.5) is 4.39 Å². The van der Waals surface area contributed by atoms with Crippen molar-refractivity contribution in [1.29, 1.82) is 0 Å². The second kappa shape index (κ2) is 8.39. The molecule has 30 heavy (non-hydrogen) atoms. The van der Waals surface area contributed by atoms with E-state index in [0.717, 1.165) is 0 Å². The van der Waals surface area contributed by atoms with E-state index in [4.69, 9.17) is 11.6 Å². The van der Waals surface area contributed by atoms with Crippen LogP contribution in [0.3, 0.4) is 0 Å². The van der Waals surface area contributed by atoms with Gasteiger partial charge in [-0.1, -0.05) is 31.5 Å². The third kappa shape index (κ3) is 3.87. The van der Waals surface area contributed by atoms with Crippen molar-refractivity contribution in [2.24, 2.45) is 0 Å². The van der Waals surface area contributed by atoms with Gasteiger partial charge in [-0.2, -0.15) is 0 Å². The first-order chi connectivity index (χ1) is 14.1. The minimum atomic E-state index is -0.691. The number of pyridine rings is 1. The smallest absolute Gasteiger partial charge is 0.329 e. The number of hydrogen-bond donors (Lipinski definition) is 1. The van der Waals surface area contributed by atoms with Crippen LogP contribution in [0.25, 0.3) is 11.0 Å². The Morgan fingerprint density at radius 3 is 2.63 bits per heavy atom. The zero-order chi connectivity index (χ0) is 22.2. The molecule has 0 aliphatic rings. The minimum absolute atomic E-state index is 0.0253. The highest BCUT2D eigenvalue weighted by Crippen LogP contribution is 2.24. The molecule has 158 valence electrons. The number of nitrogens with zero attached hydrogens (tertiary/aromatic N) is 3. The van der Waals surface area contributed by atoms with Gasteiger partial charge < -0.3 is 4.90 Å². The van der Waals surface area contributed by atoms with Crippen LogP contribution in [0.5, 0.6) is 0 Å². The highest BCUT2D eigenvalue weighted by atomic mass is 35.5. The summed E-state index contributed by atoms with van der Waals surface area (Å²) in [6, 6.07) is 5.84. The maximum absolute atomic E-state index is 14.2. The fraction of sp³-hybridized carbons (Fsp3) is 0.333. The molecule has 0 bridgehead atoms. The van der Waals surface area contributed by atoms with Gasteiger partial charge in [0.2, 0.25) is 0 Å². The first-order valence-electron chi connectivity index (χ1n) is 9.51. The van der Waals surface area contributed by atoms with Gasteiger partial charge in [-0.15, -0.1) is 0 Å². The number of aryl methyl sites for hydroxylation is 1. The molecule has 0 fully saturated rings. The van der Waals surface area contributed by atoms with Gasteiger partial charge in [0.15, 0.2) is 5.65 Å². The number of fused-ring (bicyclic) bond motifs is 1. The monoisotopic (exact) mass is 432 g/mol. The van der Waals surface area contributed by atoms with Crippen molar-refractivity contribution < 1.29 is 9.18 Å². The van der Waals surface area contributed by atoms with Crippen LogP contribution in [-0.4, -0.2) is 32.4 Å². The lowest BCUT2D eigenvalue weighted by atomic mass is 10.0. The first kappa shape index (κ1) is 21.7. The average molecular weight is 433 g/mol. The molecule has 3 aromatic rings. The normalized spacial score (nSPS) is 11.3. The molecule has 1 aromatic carbocycles. The maximum Gasteiger partial charge on any atom is 0.329 e. The third-order valence-electron chi connectivity index (χ3n) is 4.91. The Labute approximate surface area is 177 Å². The summed E-state index contributed by atoms with van der Waals surface area (Å²) in [6.07, 6.45) is 0. The molecule has 0 atom stereocenters. The van der Waals surface area contributed by atoms with Crippen LogP contribution >= 0.6 is 11.6 Å². The SMILES string of the molecule is CCn1c(=O)[nH]c(=O)c2c(C(=O)N(C)Cc3c(F)cccc3Cl)cc(C(C)C)nc21. The maximum atomic E-state index is 14.2. The first-order valence-corrected chi connectivity index (χ1v) is 9.89. The van der Waals surface area contributed by atoms with Crippen LogP contribution in [0, 0.1) is 5.82 Å². The van der Waals surface area contributed by atoms with Crippen LogP contribution < -0.4 is 11.2 Å². The number of hydrogen-bond acceptors (Lipinski definition) is 4. The largest absolute Gasteiger partial charge is 0.337 e. The molecule has 2 heterocycles. The molecule has 0 spiro atoms. The molecule has 3 rings (SSSR count). The number of amides is 1. The van der Waals surface area contributed by atoms with Crippen molar-refractivity contribution in [3.05, 3.63) is 72.8 Å². The Hall–Kier alpha value is -3.00. The zero-order valence-electron chi connectivity index (χ0n) is 17.1. The number of carbonyl (C=O) groups is 1.